The van der Waals surface area contributed by atoms with E-state index in [1.54, 1.807) is 0 Å². The van der Waals surface area contributed by atoms with Crippen LogP contribution >= 0.6 is 7.82 Å². The number of rotatable bonds is 33. The van der Waals surface area contributed by atoms with Crippen LogP contribution in [0.3, 0.4) is 0 Å². The molecule has 0 amide bonds. The van der Waals surface area contributed by atoms with Crippen molar-refractivity contribution in [3.05, 3.63) is 12.7 Å². The van der Waals surface area contributed by atoms with Crippen LogP contribution < -0.4 is 4.89 Å². The molecule has 0 rings (SSSR count). The first-order valence-corrected chi connectivity index (χ1v) is 19.3. The molecule has 0 aliphatic rings. The summed E-state index contributed by atoms with van der Waals surface area (Å²) < 4.78 is 33.6. The quantitative estimate of drug-likeness (QED) is 0.0227. The van der Waals surface area contributed by atoms with E-state index < -0.39 is 32.5 Å². The molecule has 0 spiro atoms. The summed E-state index contributed by atoms with van der Waals surface area (Å²) in [6.45, 7) is 5.69. The van der Waals surface area contributed by atoms with E-state index in [1.165, 1.54) is 64.2 Å². The molecule has 0 bridgehead atoms. The maximum Gasteiger partial charge on any atom is 0.306 e. The number of carbonyl (C=O) groups excluding carboxylic acids is 2. The van der Waals surface area contributed by atoms with Gasteiger partial charge in [0, 0.05) is 12.8 Å². The van der Waals surface area contributed by atoms with Crippen LogP contribution in [0.5, 0.6) is 0 Å². The molecule has 266 valence electrons. The third kappa shape index (κ3) is 32.5. The predicted octanol–water partition coefficient (Wildman–Crippen LogP) is 8.44. The standard InChI is InChI=1S/C35H68NO8P/c1-6-8-10-12-14-16-17-18-19-20-22-24-26-28-35(38)44-33(32-43-45(39,40)42-30-29-36(3,4)5)31-41-34(37)27-25-23-21-15-13-11-9-7-2/h7,33H,2,6,8-32H2,1,3-5H3. The van der Waals surface area contributed by atoms with Crippen molar-refractivity contribution in [2.75, 3.05) is 47.5 Å². The van der Waals surface area contributed by atoms with Gasteiger partial charge in [0.2, 0.25) is 0 Å². The highest BCUT2D eigenvalue weighted by atomic mass is 31.2. The van der Waals surface area contributed by atoms with Gasteiger partial charge in [0.15, 0.2) is 6.10 Å². The highest BCUT2D eigenvalue weighted by molar-refractivity contribution is 7.45. The average molecular weight is 662 g/mol. The number of carbonyl (C=O) groups is 2. The second kappa shape index (κ2) is 28.9. The number of hydrogen-bond acceptors (Lipinski definition) is 8. The van der Waals surface area contributed by atoms with Gasteiger partial charge in [-0.25, -0.2) is 0 Å². The van der Waals surface area contributed by atoms with E-state index in [1.807, 2.05) is 27.2 Å². The summed E-state index contributed by atoms with van der Waals surface area (Å²) in [7, 11) is 1.16. The largest absolute Gasteiger partial charge is 0.756 e. The van der Waals surface area contributed by atoms with Crippen LogP contribution in [0.1, 0.15) is 148 Å². The Kier molecular flexibility index (Phi) is 28.1. The monoisotopic (exact) mass is 661 g/mol. The van der Waals surface area contributed by atoms with Crippen LogP contribution in [0.15, 0.2) is 12.7 Å². The van der Waals surface area contributed by atoms with Crippen molar-refractivity contribution >= 4 is 19.8 Å². The zero-order valence-corrected chi connectivity index (χ0v) is 30.3. The number of esters is 2. The fourth-order valence-corrected chi connectivity index (χ4v) is 5.54. The van der Waals surface area contributed by atoms with E-state index >= 15 is 0 Å². The summed E-state index contributed by atoms with van der Waals surface area (Å²) >= 11 is 0. The minimum absolute atomic E-state index is 0.0307. The number of unbranched alkanes of at least 4 members (excludes halogenated alkanes) is 18. The van der Waals surface area contributed by atoms with E-state index in [4.69, 9.17) is 18.5 Å². The van der Waals surface area contributed by atoms with E-state index in [0.717, 1.165) is 57.8 Å². The molecule has 0 radical (unpaired) electrons. The summed E-state index contributed by atoms with van der Waals surface area (Å²) in [4.78, 5) is 37.1. The van der Waals surface area contributed by atoms with Crippen LogP contribution in [0.2, 0.25) is 0 Å². The second-order valence-corrected chi connectivity index (χ2v) is 14.7. The number of likely N-dealkylation sites (N-methyl/N-ethyl adjacent to an activating group) is 1. The van der Waals surface area contributed by atoms with Crippen molar-refractivity contribution in [3.8, 4) is 0 Å². The second-order valence-electron chi connectivity index (χ2n) is 13.3. The number of quaternary nitrogens is 1. The average Bonchev–Trinajstić information content (AvgIpc) is 2.97. The van der Waals surface area contributed by atoms with E-state index in [2.05, 4.69) is 13.5 Å². The molecular formula is C35H68NO8P. The maximum absolute atomic E-state index is 12.5. The fraction of sp³-hybridized carbons (Fsp3) is 0.886. The van der Waals surface area contributed by atoms with Crippen LogP contribution in [-0.2, 0) is 32.7 Å². The number of ether oxygens (including phenoxy) is 2. The Morgan fingerprint density at radius 2 is 1.18 bits per heavy atom. The van der Waals surface area contributed by atoms with Crippen molar-refractivity contribution in [1.82, 2.24) is 0 Å². The third-order valence-corrected chi connectivity index (χ3v) is 8.65. The van der Waals surface area contributed by atoms with Gasteiger partial charge in [-0.1, -0.05) is 116 Å². The Balaban J connectivity index is 4.43. The minimum Gasteiger partial charge on any atom is -0.756 e. The molecule has 10 heteroatoms. The van der Waals surface area contributed by atoms with Gasteiger partial charge in [-0.3, -0.25) is 14.2 Å². The third-order valence-electron chi connectivity index (χ3n) is 7.68. The maximum atomic E-state index is 12.5. The Hall–Kier alpha value is -1.25. The number of phosphoric ester groups is 1. The van der Waals surface area contributed by atoms with Crippen LogP contribution in [0.25, 0.3) is 0 Å². The van der Waals surface area contributed by atoms with Gasteiger partial charge in [-0.2, -0.15) is 0 Å². The summed E-state index contributed by atoms with van der Waals surface area (Å²) in [5.41, 5.74) is 0. The summed E-state index contributed by atoms with van der Waals surface area (Å²) in [6, 6.07) is 0. The van der Waals surface area contributed by atoms with Crippen molar-refractivity contribution in [2.45, 2.75) is 154 Å². The molecule has 9 nitrogen and oxygen atoms in total. The minimum atomic E-state index is -4.61. The number of phosphoric acid groups is 1. The summed E-state index contributed by atoms with van der Waals surface area (Å²) in [6.07, 6.45) is 24.3. The van der Waals surface area contributed by atoms with Crippen molar-refractivity contribution in [1.29, 1.82) is 0 Å². The van der Waals surface area contributed by atoms with Crippen molar-refractivity contribution < 1.29 is 42.1 Å². The highest BCUT2D eigenvalue weighted by Crippen LogP contribution is 2.38. The molecule has 0 aromatic carbocycles. The van der Waals surface area contributed by atoms with E-state index in [-0.39, 0.29) is 26.1 Å². The Morgan fingerprint density at radius 1 is 0.711 bits per heavy atom. The van der Waals surface area contributed by atoms with Gasteiger partial charge in [0.05, 0.1) is 27.7 Å². The SMILES string of the molecule is C=CCCCCCCCCC(=O)OCC(COP(=O)([O-])OCC[N+](C)(C)C)OC(=O)CCCCCCCCCCCCCCC. The van der Waals surface area contributed by atoms with E-state index in [9.17, 15) is 19.0 Å². The van der Waals surface area contributed by atoms with Crippen molar-refractivity contribution in [3.63, 3.8) is 0 Å². The van der Waals surface area contributed by atoms with E-state index in [0.29, 0.717) is 17.4 Å². The van der Waals surface area contributed by atoms with Gasteiger partial charge in [-0.15, -0.1) is 6.58 Å². The molecule has 0 aliphatic heterocycles. The molecule has 0 aliphatic carbocycles. The summed E-state index contributed by atoms with van der Waals surface area (Å²) in [5, 5.41) is 0. The van der Waals surface area contributed by atoms with Crippen LogP contribution in [-0.4, -0.2) is 70.0 Å². The lowest BCUT2D eigenvalue weighted by Gasteiger charge is -2.28. The highest BCUT2D eigenvalue weighted by Gasteiger charge is 2.21. The molecule has 0 aromatic rings. The first kappa shape index (κ1) is 43.8. The van der Waals surface area contributed by atoms with Crippen LogP contribution in [0, 0.1) is 0 Å². The first-order chi connectivity index (χ1) is 21.5. The Labute approximate surface area is 276 Å². The lowest BCUT2D eigenvalue weighted by molar-refractivity contribution is -0.870. The Morgan fingerprint density at radius 3 is 1.67 bits per heavy atom. The lowest BCUT2D eigenvalue weighted by atomic mass is 10.0. The molecular weight excluding hydrogens is 593 g/mol. The summed E-state index contributed by atoms with van der Waals surface area (Å²) in [5.74, 6) is -0.852. The molecule has 0 aromatic heterocycles. The molecule has 0 saturated carbocycles. The number of hydrogen-bond donors (Lipinski definition) is 0. The molecule has 2 atom stereocenters. The molecule has 0 fully saturated rings. The zero-order valence-electron chi connectivity index (χ0n) is 29.4. The molecule has 45 heavy (non-hydrogen) atoms. The van der Waals surface area contributed by atoms with Gasteiger partial charge in [-0.05, 0) is 25.7 Å². The molecule has 0 saturated heterocycles. The normalized spacial score (nSPS) is 13.7. The number of allylic oxidation sites excluding steroid dienone is 1. The number of nitrogens with zero attached hydrogens (tertiary/aromatic N) is 1. The fourth-order valence-electron chi connectivity index (χ4n) is 4.81. The first-order valence-electron chi connectivity index (χ1n) is 17.9. The zero-order chi connectivity index (χ0) is 33.7. The van der Waals surface area contributed by atoms with Gasteiger partial charge in [0.1, 0.15) is 19.8 Å². The molecule has 2 unspecified atom stereocenters. The topological polar surface area (TPSA) is 111 Å². The Bertz CT molecular complexity index is 786. The molecule has 0 heterocycles. The van der Waals surface area contributed by atoms with Crippen molar-refractivity contribution in [2.24, 2.45) is 0 Å². The van der Waals surface area contributed by atoms with Gasteiger partial charge in [0.25, 0.3) is 7.82 Å². The molecule has 0 N–H and O–H groups in total. The smallest absolute Gasteiger partial charge is 0.306 e. The van der Waals surface area contributed by atoms with Gasteiger partial charge >= 0.3 is 11.9 Å². The van der Waals surface area contributed by atoms with Gasteiger partial charge < -0.3 is 27.9 Å². The lowest BCUT2D eigenvalue weighted by Crippen LogP contribution is -2.37. The predicted molar refractivity (Wildman–Crippen MR) is 181 cm³/mol. The van der Waals surface area contributed by atoms with Crippen LogP contribution in [0.4, 0.5) is 0 Å².